The highest BCUT2D eigenvalue weighted by molar-refractivity contribution is 7.22. The van der Waals surface area contributed by atoms with Crippen LogP contribution in [-0.2, 0) is 0 Å². The van der Waals surface area contributed by atoms with E-state index in [0.29, 0.717) is 22.4 Å². The summed E-state index contributed by atoms with van der Waals surface area (Å²) in [5.41, 5.74) is 2.27. The Morgan fingerprint density at radius 2 is 1.97 bits per heavy atom. The average molecular weight is 456 g/mol. The molecule has 2 aromatic heterocycles. The zero-order valence-corrected chi connectivity index (χ0v) is 19.7. The Labute approximate surface area is 186 Å². The van der Waals surface area contributed by atoms with Crippen molar-refractivity contribution in [3.8, 4) is 0 Å². The summed E-state index contributed by atoms with van der Waals surface area (Å²) in [5, 5.41) is 5.88. The lowest BCUT2D eigenvalue weighted by Gasteiger charge is -2.20. The van der Waals surface area contributed by atoms with E-state index in [2.05, 4.69) is 28.8 Å². The minimum absolute atomic E-state index is 0. The molecule has 0 N–H and O–H groups in total. The van der Waals surface area contributed by atoms with Crippen molar-refractivity contribution < 1.29 is 4.79 Å². The summed E-state index contributed by atoms with van der Waals surface area (Å²) < 4.78 is 2.85. The van der Waals surface area contributed by atoms with E-state index < -0.39 is 0 Å². The van der Waals surface area contributed by atoms with Gasteiger partial charge in [0.1, 0.15) is 0 Å². The number of aryl methyl sites for hydroxylation is 1. The molecular weight excluding hydrogens is 429 g/mol. The van der Waals surface area contributed by atoms with Gasteiger partial charge in [0.05, 0.1) is 10.2 Å². The molecule has 0 saturated carbocycles. The lowest BCUT2D eigenvalue weighted by molar-refractivity contribution is 0.0980. The summed E-state index contributed by atoms with van der Waals surface area (Å²) in [5.74, 6) is -0.119. The van der Waals surface area contributed by atoms with Gasteiger partial charge in [0.25, 0.3) is 5.91 Å². The maximum atomic E-state index is 13.3. The molecule has 2 heterocycles. The summed E-state index contributed by atoms with van der Waals surface area (Å²) in [6, 6.07) is 7.65. The quantitative estimate of drug-likeness (QED) is 0.499. The third-order valence-corrected chi connectivity index (χ3v) is 5.71. The Bertz CT molecular complexity index is 983. The van der Waals surface area contributed by atoms with Crippen molar-refractivity contribution in [1.29, 1.82) is 0 Å². The Balaban J connectivity index is 0.00000300. The number of carbonyl (C=O) groups excluding carboxylic acids is 1. The van der Waals surface area contributed by atoms with Gasteiger partial charge in [-0.15, -0.1) is 12.4 Å². The molecule has 0 unspecified atom stereocenters. The molecule has 1 aromatic carbocycles. The molecule has 0 bridgehead atoms. The van der Waals surface area contributed by atoms with Crippen LogP contribution in [0.3, 0.4) is 0 Å². The van der Waals surface area contributed by atoms with Gasteiger partial charge in [0.2, 0.25) is 0 Å². The Morgan fingerprint density at radius 1 is 1.24 bits per heavy atom. The number of nitrogens with zero attached hydrogens (tertiary/aromatic N) is 5. The smallest absolute Gasteiger partial charge is 0.280 e. The number of halogens is 2. The third kappa shape index (κ3) is 5.48. The average Bonchev–Trinajstić information content (AvgIpc) is 3.21. The molecular formula is C20H27Cl2N5OS. The first-order chi connectivity index (χ1) is 13.3. The zero-order valence-electron chi connectivity index (χ0n) is 17.3. The molecule has 0 saturated heterocycles. The first kappa shape index (κ1) is 23.6. The van der Waals surface area contributed by atoms with Gasteiger partial charge < -0.3 is 4.90 Å². The zero-order chi connectivity index (χ0) is 20.4. The second kappa shape index (κ2) is 9.89. The molecule has 29 heavy (non-hydrogen) atoms. The highest BCUT2D eigenvalue weighted by Gasteiger charge is 2.24. The number of anilines is 1. The van der Waals surface area contributed by atoms with Crippen molar-refractivity contribution in [3.05, 3.63) is 40.7 Å². The van der Waals surface area contributed by atoms with Gasteiger partial charge in [-0.1, -0.05) is 22.9 Å². The van der Waals surface area contributed by atoms with Crippen molar-refractivity contribution in [2.75, 3.05) is 32.1 Å². The van der Waals surface area contributed by atoms with E-state index in [4.69, 9.17) is 11.6 Å². The van der Waals surface area contributed by atoms with Crippen molar-refractivity contribution >= 4 is 56.6 Å². The largest absolute Gasteiger partial charge is 0.309 e. The van der Waals surface area contributed by atoms with Crippen LogP contribution in [0.25, 0.3) is 10.2 Å². The number of aromatic nitrogens is 3. The van der Waals surface area contributed by atoms with E-state index in [1.807, 2.05) is 50.0 Å². The molecule has 0 aliphatic carbocycles. The molecule has 1 amide bonds. The molecule has 3 rings (SSSR count). The number of rotatable bonds is 7. The predicted molar refractivity (Wildman–Crippen MR) is 124 cm³/mol. The van der Waals surface area contributed by atoms with Crippen LogP contribution in [0.1, 0.15) is 42.5 Å². The van der Waals surface area contributed by atoms with Crippen LogP contribution in [0, 0.1) is 6.92 Å². The summed E-state index contributed by atoms with van der Waals surface area (Å²) in [4.78, 5) is 21.9. The van der Waals surface area contributed by atoms with Crippen LogP contribution < -0.4 is 4.90 Å². The number of hydrogen-bond donors (Lipinski definition) is 0. The number of carbonyl (C=O) groups is 1. The van der Waals surface area contributed by atoms with Gasteiger partial charge in [0.15, 0.2) is 10.8 Å². The lowest BCUT2D eigenvalue weighted by atomic mass is 10.3. The van der Waals surface area contributed by atoms with E-state index in [1.165, 1.54) is 11.3 Å². The van der Waals surface area contributed by atoms with Crippen molar-refractivity contribution in [2.24, 2.45) is 0 Å². The second-order valence-electron chi connectivity index (χ2n) is 7.43. The fraction of sp³-hybridized carbons (Fsp3) is 0.450. The van der Waals surface area contributed by atoms with Crippen LogP contribution >= 0.6 is 35.3 Å². The first-order valence-electron chi connectivity index (χ1n) is 9.35. The van der Waals surface area contributed by atoms with E-state index in [0.717, 1.165) is 28.9 Å². The highest BCUT2D eigenvalue weighted by atomic mass is 35.5. The van der Waals surface area contributed by atoms with Crippen molar-refractivity contribution in [1.82, 2.24) is 19.7 Å². The highest BCUT2D eigenvalue weighted by Crippen LogP contribution is 2.31. The lowest BCUT2D eigenvalue weighted by Crippen LogP contribution is -2.33. The Hall–Kier alpha value is -1.67. The molecule has 0 fully saturated rings. The number of fused-ring (bicyclic) bond motifs is 1. The molecule has 9 heteroatoms. The molecule has 0 aliphatic heterocycles. The van der Waals surface area contributed by atoms with Crippen molar-refractivity contribution in [3.63, 3.8) is 0 Å². The third-order valence-electron chi connectivity index (χ3n) is 4.43. The van der Waals surface area contributed by atoms with Crippen molar-refractivity contribution in [2.45, 2.75) is 33.2 Å². The van der Waals surface area contributed by atoms with E-state index >= 15 is 0 Å². The van der Waals surface area contributed by atoms with Crippen LogP contribution in [0.15, 0.2) is 24.3 Å². The van der Waals surface area contributed by atoms with Gasteiger partial charge in [-0.2, -0.15) is 5.10 Å². The maximum Gasteiger partial charge on any atom is 0.280 e. The summed E-state index contributed by atoms with van der Waals surface area (Å²) in [6.07, 6.45) is 0.847. The molecule has 0 radical (unpaired) electrons. The summed E-state index contributed by atoms with van der Waals surface area (Å²) in [6.45, 7) is 7.55. The number of amides is 1. The predicted octanol–water partition coefficient (Wildman–Crippen LogP) is 5.06. The fourth-order valence-electron chi connectivity index (χ4n) is 3.08. The normalized spacial score (nSPS) is 11.3. The second-order valence-corrected chi connectivity index (χ2v) is 8.88. The molecule has 3 aromatic rings. The molecule has 0 atom stereocenters. The van der Waals surface area contributed by atoms with Crippen LogP contribution in [0.4, 0.5) is 5.13 Å². The van der Waals surface area contributed by atoms with Crippen LogP contribution in [-0.4, -0.2) is 52.8 Å². The fourth-order valence-corrected chi connectivity index (χ4v) is 4.35. The maximum absolute atomic E-state index is 13.3. The minimum atomic E-state index is -0.119. The molecule has 0 spiro atoms. The van der Waals surface area contributed by atoms with E-state index in [1.54, 1.807) is 4.90 Å². The first-order valence-corrected chi connectivity index (χ1v) is 10.5. The van der Waals surface area contributed by atoms with Gasteiger partial charge >= 0.3 is 0 Å². The molecule has 6 nitrogen and oxygen atoms in total. The van der Waals surface area contributed by atoms with Crippen LogP contribution in [0.5, 0.6) is 0 Å². The standard InChI is InChI=1S/C20H26ClN5OS.ClH/c1-13(2)26-14(3)11-17(23-26)19(27)25(10-6-9-24(4)5)20-22-16-8-7-15(21)12-18(16)28-20;/h7-8,11-13H,6,9-10H2,1-5H3;1H. The minimum Gasteiger partial charge on any atom is -0.309 e. The Kier molecular flexibility index (Phi) is 8.05. The SMILES string of the molecule is Cc1cc(C(=O)N(CCCN(C)C)c2nc3ccc(Cl)cc3s2)nn1C(C)C.Cl. The van der Waals surface area contributed by atoms with Gasteiger partial charge in [0, 0.05) is 23.3 Å². The number of thiazole rings is 1. The molecule has 0 aliphatic rings. The van der Waals surface area contributed by atoms with Gasteiger partial charge in [-0.05, 0) is 72.1 Å². The number of hydrogen-bond acceptors (Lipinski definition) is 5. The van der Waals surface area contributed by atoms with Crippen LogP contribution in [0.2, 0.25) is 5.02 Å². The summed E-state index contributed by atoms with van der Waals surface area (Å²) in [7, 11) is 4.05. The number of benzene rings is 1. The van der Waals surface area contributed by atoms with Gasteiger partial charge in [-0.25, -0.2) is 4.98 Å². The summed E-state index contributed by atoms with van der Waals surface area (Å²) >= 11 is 7.59. The Morgan fingerprint density at radius 3 is 2.59 bits per heavy atom. The monoisotopic (exact) mass is 455 g/mol. The van der Waals surface area contributed by atoms with E-state index in [-0.39, 0.29) is 24.4 Å². The topological polar surface area (TPSA) is 54.3 Å². The molecule has 158 valence electrons. The van der Waals surface area contributed by atoms with Gasteiger partial charge in [-0.3, -0.25) is 14.4 Å². The van der Waals surface area contributed by atoms with E-state index in [9.17, 15) is 4.79 Å².